The number of carboxylic acid groups (broad SMARTS) is 1. The Hall–Kier alpha value is -0.180. The minimum Gasteiger partial charge on any atom is -0.481 e. The molecule has 0 saturated carbocycles. The quantitative estimate of drug-likeness (QED) is 0.633. The van der Waals surface area contributed by atoms with E-state index in [4.69, 9.17) is 5.11 Å². The van der Waals surface area contributed by atoms with Crippen molar-refractivity contribution in [1.82, 2.24) is 0 Å². The van der Waals surface area contributed by atoms with Gasteiger partial charge in [-0.15, -0.1) is 0 Å². The van der Waals surface area contributed by atoms with Crippen molar-refractivity contribution in [3.8, 4) is 0 Å². The van der Waals surface area contributed by atoms with E-state index in [1.807, 2.05) is 11.8 Å². The van der Waals surface area contributed by atoms with Crippen molar-refractivity contribution in [2.24, 2.45) is 5.92 Å². The van der Waals surface area contributed by atoms with Crippen LogP contribution in [0.15, 0.2) is 0 Å². The fraction of sp³-hybridized carbons (Fsp3) is 0.857. The second-order valence-electron chi connectivity index (χ2n) is 2.58. The van der Waals surface area contributed by atoms with Gasteiger partial charge in [-0.05, 0) is 30.8 Å². The zero-order valence-corrected chi connectivity index (χ0v) is 6.69. The highest BCUT2D eigenvalue weighted by Crippen LogP contribution is 2.21. The standard InChI is InChI=1S/C7H12O2S/c8-7(9)6-2-1-4-10-5-3-6/h6H,1-5H2,(H,8,9)/t6-/m1/s1. The molecule has 0 radical (unpaired) electrons. The normalized spacial score (nSPS) is 27.4. The molecule has 1 fully saturated rings. The van der Waals surface area contributed by atoms with Crippen LogP contribution in [0.5, 0.6) is 0 Å². The summed E-state index contributed by atoms with van der Waals surface area (Å²) in [6.45, 7) is 0. The van der Waals surface area contributed by atoms with Crippen LogP contribution in [0.4, 0.5) is 0 Å². The zero-order chi connectivity index (χ0) is 7.40. The van der Waals surface area contributed by atoms with Gasteiger partial charge in [0, 0.05) is 0 Å². The first-order valence-corrected chi connectivity index (χ1v) is 4.76. The molecule has 1 aliphatic rings. The van der Waals surface area contributed by atoms with Gasteiger partial charge < -0.3 is 5.11 Å². The van der Waals surface area contributed by atoms with Crippen LogP contribution in [-0.2, 0) is 4.79 Å². The van der Waals surface area contributed by atoms with Gasteiger partial charge in [0.2, 0.25) is 0 Å². The van der Waals surface area contributed by atoms with Gasteiger partial charge in [0.1, 0.15) is 0 Å². The van der Waals surface area contributed by atoms with Crippen LogP contribution >= 0.6 is 11.8 Å². The summed E-state index contributed by atoms with van der Waals surface area (Å²) in [7, 11) is 0. The lowest BCUT2D eigenvalue weighted by molar-refractivity contribution is -0.142. The van der Waals surface area contributed by atoms with Gasteiger partial charge in [0.15, 0.2) is 0 Å². The lowest BCUT2D eigenvalue weighted by atomic mass is 10.0. The first kappa shape index (κ1) is 7.92. The van der Waals surface area contributed by atoms with Gasteiger partial charge >= 0.3 is 5.97 Å². The van der Waals surface area contributed by atoms with Crippen molar-refractivity contribution in [3.05, 3.63) is 0 Å². The molecular weight excluding hydrogens is 148 g/mol. The van der Waals surface area contributed by atoms with Crippen LogP contribution in [0.25, 0.3) is 0 Å². The van der Waals surface area contributed by atoms with Crippen molar-refractivity contribution in [1.29, 1.82) is 0 Å². The average molecular weight is 160 g/mol. The van der Waals surface area contributed by atoms with Gasteiger partial charge in [-0.3, -0.25) is 4.79 Å². The summed E-state index contributed by atoms with van der Waals surface area (Å²) in [5.74, 6) is 1.50. The van der Waals surface area contributed by atoms with E-state index in [1.54, 1.807) is 0 Å². The van der Waals surface area contributed by atoms with Crippen LogP contribution in [0.1, 0.15) is 19.3 Å². The highest BCUT2D eigenvalue weighted by atomic mass is 32.2. The number of hydrogen-bond acceptors (Lipinski definition) is 2. The Morgan fingerprint density at radius 3 is 2.90 bits per heavy atom. The molecule has 1 aliphatic heterocycles. The summed E-state index contributed by atoms with van der Waals surface area (Å²) in [5, 5.41) is 8.65. The van der Waals surface area contributed by atoms with E-state index in [-0.39, 0.29) is 5.92 Å². The largest absolute Gasteiger partial charge is 0.481 e. The molecule has 0 aliphatic carbocycles. The molecule has 0 aromatic rings. The maximum absolute atomic E-state index is 10.5. The number of carbonyl (C=O) groups is 1. The summed E-state index contributed by atoms with van der Waals surface area (Å²) in [6, 6.07) is 0. The smallest absolute Gasteiger partial charge is 0.306 e. The summed E-state index contributed by atoms with van der Waals surface area (Å²) in [6.07, 6.45) is 2.81. The zero-order valence-electron chi connectivity index (χ0n) is 5.88. The molecule has 0 unspecified atom stereocenters. The third kappa shape index (κ3) is 2.21. The molecule has 1 N–H and O–H groups in total. The maximum Gasteiger partial charge on any atom is 0.306 e. The molecule has 0 amide bonds. The van der Waals surface area contributed by atoms with Crippen molar-refractivity contribution < 1.29 is 9.90 Å². The molecule has 1 saturated heterocycles. The van der Waals surface area contributed by atoms with E-state index in [9.17, 15) is 4.79 Å². The Morgan fingerprint density at radius 2 is 2.20 bits per heavy atom. The Kier molecular flexibility index (Phi) is 3.06. The van der Waals surface area contributed by atoms with Gasteiger partial charge in [0.25, 0.3) is 0 Å². The van der Waals surface area contributed by atoms with Gasteiger partial charge in [0.05, 0.1) is 5.92 Å². The SMILES string of the molecule is O=C(O)[C@@H]1CCCSCC1. The maximum atomic E-state index is 10.5. The first-order chi connectivity index (χ1) is 4.80. The molecule has 58 valence electrons. The number of hydrogen-bond donors (Lipinski definition) is 1. The third-order valence-electron chi connectivity index (χ3n) is 1.80. The molecular formula is C7H12O2S. The van der Waals surface area contributed by atoms with E-state index < -0.39 is 5.97 Å². The molecule has 0 spiro atoms. The minimum absolute atomic E-state index is 0.0602. The summed E-state index contributed by atoms with van der Waals surface area (Å²) in [4.78, 5) is 10.5. The fourth-order valence-electron chi connectivity index (χ4n) is 1.15. The van der Waals surface area contributed by atoms with E-state index in [0.29, 0.717) is 0 Å². The first-order valence-electron chi connectivity index (χ1n) is 3.61. The topological polar surface area (TPSA) is 37.3 Å². The third-order valence-corrected chi connectivity index (χ3v) is 2.90. The molecule has 1 rings (SSSR count). The van der Waals surface area contributed by atoms with Gasteiger partial charge in [-0.25, -0.2) is 0 Å². The second-order valence-corrected chi connectivity index (χ2v) is 3.80. The molecule has 0 aromatic heterocycles. The van der Waals surface area contributed by atoms with Crippen molar-refractivity contribution in [2.75, 3.05) is 11.5 Å². The summed E-state index contributed by atoms with van der Waals surface area (Å²) >= 11 is 1.87. The Morgan fingerprint density at radius 1 is 1.40 bits per heavy atom. The lowest BCUT2D eigenvalue weighted by Gasteiger charge is -2.05. The van der Waals surface area contributed by atoms with E-state index in [1.165, 1.54) is 0 Å². The minimum atomic E-state index is -0.609. The van der Waals surface area contributed by atoms with Crippen LogP contribution in [0.3, 0.4) is 0 Å². The molecule has 0 bridgehead atoms. The molecule has 1 atom stereocenters. The molecule has 1 heterocycles. The number of thioether (sulfide) groups is 1. The van der Waals surface area contributed by atoms with Crippen molar-refractivity contribution >= 4 is 17.7 Å². The lowest BCUT2D eigenvalue weighted by Crippen LogP contribution is -2.12. The van der Waals surface area contributed by atoms with Gasteiger partial charge in [-0.2, -0.15) is 11.8 Å². The Balaban J connectivity index is 2.35. The van der Waals surface area contributed by atoms with E-state index in [2.05, 4.69) is 0 Å². The number of rotatable bonds is 1. The predicted molar refractivity (Wildman–Crippen MR) is 42.3 cm³/mol. The average Bonchev–Trinajstić information content (AvgIpc) is 2.12. The van der Waals surface area contributed by atoms with Crippen LogP contribution < -0.4 is 0 Å². The van der Waals surface area contributed by atoms with Crippen molar-refractivity contribution in [3.63, 3.8) is 0 Å². The monoisotopic (exact) mass is 160 g/mol. The van der Waals surface area contributed by atoms with Gasteiger partial charge in [-0.1, -0.05) is 0 Å². The Labute approximate surface area is 65.0 Å². The predicted octanol–water partition coefficient (Wildman–Crippen LogP) is 1.60. The summed E-state index contributed by atoms with van der Waals surface area (Å²) in [5.41, 5.74) is 0. The summed E-state index contributed by atoms with van der Waals surface area (Å²) < 4.78 is 0. The molecule has 10 heavy (non-hydrogen) atoms. The highest BCUT2D eigenvalue weighted by molar-refractivity contribution is 7.99. The van der Waals surface area contributed by atoms with Crippen LogP contribution in [0, 0.1) is 5.92 Å². The fourth-order valence-corrected chi connectivity index (χ4v) is 2.18. The van der Waals surface area contributed by atoms with E-state index in [0.717, 1.165) is 30.8 Å². The van der Waals surface area contributed by atoms with Crippen LogP contribution in [-0.4, -0.2) is 22.6 Å². The number of aliphatic carboxylic acids is 1. The van der Waals surface area contributed by atoms with Crippen molar-refractivity contribution in [2.45, 2.75) is 19.3 Å². The van der Waals surface area contributed by atoms with Crippen LogP contribution in [0.2, 0.25) is 0 Å². The molecule has 0 aromatic carbocycles. The molecule has 3 heteroatoms. The second kappa shape index (κ2) is 3.86. The highest BCUT2D eigenvalue weighted by Gasteiger charge is 2.18. The Bertz CT molecular complexity index is 117. The van der Waals surface area contributed by atoms with E-state index >= 15 is 0 Å². The molecule has 2 nitrogen and oxygen atoms in total. The number of carboxylic acids is 1.